The first-order chi connectivity index (χ1) is 11.7. The van der Waals surface area contributed by atoms with Gasteiger partial charge in [-0.1, -0.05) is 30.3 Å². The van der Waals surface area contributed by atoms with Crippen molar-refractivity contribution in [3.8, 4) is 17.6 Å². The first kappa shape index (κ1) is 15.8. The van der Waals surface area contributed by atoms with Crippen LogP contribution in [0.5, 0.6) is 11.5 Å². The minimum Gasteiger partial charge on any atom is -0.485 e. The molecule has 3 rings (SSSR count). The van der Waals surface area contributed by atoms with Crippen LogP contribution in [0.25, 0.3) is 0 Å². The van der Waals surface area contributed by atoms with Gasteiger partial charge in [-0.25, -0.2) is 0 Å². The number of rotatable bonds is 5. The average Bonchev–Trinajstić information content (AvgIpc) is 2.62. The number of amides is 1. The predicted molar refractivity (Wildman–Crippen MR) is 86.6 cm³/mol. The largest absolute Gasteiger partial charge is 0.485 e. The lowest BCUT2D eigenvalue weighted by molar-refractivity contribution is -0.121. The summed E-state index contributed by atoms with van der Waals surface area (Å²) in [6, 6.07) is 14.9. The van der Waals surface area contributed by atoms with Crippen molar-refractivity contribution in [1.82, 2.24) is 0 Å². The van der Waals surface area contributed by atoms with E-state index in [4.69, 9.17) is 14.7 Å². The maximum absolute atomic E-state index is 12.0. The van der Waals surface area contributed by atoms with E-state index < -0.39 is 0 Å². The van der Waals surface area contributed by atoms with Crippen molar-refractivity contribution in [2.24, 2.45) is 0 Å². The van der Waals surface area contributed by atoms with Crippen molar-refractivity contribution in [2.45, 2.75) is 13.2 Å². The second-order valence-corrected chi connectivity index (χ2v) is 5.30. The number of hydrogen-bond acceptors (Lipinski definition) is 5. The van der Waals surface area contributed by atoms with Crippen LogP contribution >= 0.6 is 0 Å². The number of anilines is 1. The summed E-state index contributed by atoms with van der Waals surface area (Å²) in [5.74, 6) is 0.557. The molecule has 6 nitrogen and oxygen atoms in total. The van der Waals surface area contributed by atoms with Gasteiger partial charge in [-0.2, -0.15) is 5.26 Å². The van der Waals surface area contributed by atoms with E-state index in [2.05, 4.69) is 0 Å². The maximum atomic E-state index is 12.0. The van der Waals surface area contributed by atoms with Crippen LogP contribution in [0.3, 0.4) is 0 Å². The number of fused-ring (bicyclic) bond motifs is 1. The van der Waals surface area contributed by atoms with E-state index in [1.165, 1.54) is 4.90 Å². The number of aliphatic hydroxyl groups excluding tert-OH is 1. The van der Waals surface area contributed by atoms with Gasteiger partial charge >= 0.3 is 0 Å². The zero-order valence-electron chi connectivity index (χ0n) is 12.9. The molecule has 0 unspecified atom stereocenters. The lowest BCUT2D eigenvalue weighted by Crippen LogP contribution is -2.39. The van der Waals surface area contributed by atoms with Crippen LogP contribution in [-0.4, -0.2) is 24.2 Å². The van der Waals surface area contributed by atoms with Crippen LogP contribution in [0.2, 0.25) is 0 Å². The number of carbonyl (C=O) groups is 1. The molecular formula is C18H16N2O4. The molecule has 0 aliphatic carbocycles. The maximum Gasteiger partial charge on any atom is 0.265 e. The van der Waals surface area contributed by atoms with Crippen molar-refractivity contribution in [3.63, 3.8) is 0 Å². The zero-order valence-corrected chi connectivity index (χ0v) is 12.9. The summed E-state index contributed by atoms with van der Waals surface area (Å²) in [7, 11) is 0. The molecule has 0 fully saturated rings. The number of nitrogens with zero attached hydrogens (tertiary/aromatic N) is 2. The van der Waals surface area contributed by atoms with Crippen molar-refractivity contribution in [3.05, 3.63) is 53.6 Å². The van der Waals surface area contributed by atoms with E-state index in [9.17, 15) is 9.90 Å². The second-order valence-electron chi connectivity index (χ2n) is 5.30. The van der Waals surface area contributed by atoms with E-state index in [1.54, 1.807) is 12.1 Å². The summed E-state index contributed by atoms with van der Waals surface area (Å²) in [5.41, 5.74) is 2.02. The Kier molecular flexibility index (Phi) is 4.64. The molecule has 24 heavy (non-hydrogen) atoms. The Morgan fingerprint density at radius 2 is 2.04 bits per heavy atom. The van der Waals surface area contributed by atoms with Crippen molar-refractivity contribution >= 4 is 11.6 Å². The standard InChI is InChI=1S/C18H16N2O4/c19-6-7-20-15-8-14(10-21)9-16(18(15)24-12-17(20)22)23-11-13-4-2-1-3-5-13/h1-5,8-9,21H,7,10-12H2. The molecular weight excluding hydrogens is 308 g/mol. The van der Waals surface area contributed by atoms with Crippen molar-refractivity contribution in [1.29, 1.82) is 5.26 Å². The number of aliphatic hydroxyl groups is 1. The zero-order chi connectivity index (χ0) is 16.9. The lowest BCUT2D eigenvalue weighted by atomic mass is 10.1. The van der Waals surface area contributed by atoms with Gasteiger partial charge in [-0.05, 0) is 23.3 Å². The fourth-order valence-electron chi connectivity index (χ4n) is 2.51. The van der Waals surface area contributed by atoms with Crippen LogP contribution in [0.15, 0.2) is 42.5 Å². The molecule has 1 heterocycles. The van der Waals surface area contributed by atoms with Crippen molar-refractivity contribution < 1.29 is 19.4 Å². The molecule has 0 saturated carbocycles. The van der Waals surface area contributed by atoms with Crippen LogP contribution in [0, 0.1) is 11.3 Å². The molecule has 0 spiro atoms. The third kappa shape index (κ3) is 3.16. The third-order valence-corrected chi connectivity index (χ3v) is 3.68. The van der Waals surface area contributed by atoms with Gasteiger partial charge in [-0.15, -0.1) is 0 Å². The molecule has 1 N–H and O–H groups in total. The minimum absolute atomic E-state index is 0.0812. The molecule has 0 atom stereocenters. The summed E-state index contributed by atoms with van der Waals surface area (Å²) in [6.07, 6.45) is 0. The number of hydrogen-bond donors (Lipinski definition) is 1. The van der Waals surface area contributed by atoms with Crippen molar-refractivity contribution in [2.75, 3.05) is 18.1 Å². The van der Waals surface area contributed by atoms with Crippen LogP contribution in [0.1, 0.15) is 11.1 Å². The number of nitriles is 1. The van der Waals surface area contributed by atoms with Gasteiger partial charge < -0.3 is 14.6 Å². The molecule has 2 aromatic carbocycles. The smallest absolute Gasteiger partial charge is 0.265 e. The Morgan fingerprint density at radius 3 is 2.75 bits per heavy atom. The monoisotopic (exact) mass is 324 g/mol. The van der Waals surface area contributed by atoms with E-state index in [0.29, 0.717) is 29.4 Å². The molecule has 1 aliphatic heterocycles. The molecule has 0 radical (unpaired) electrons. The van der Waals surface area contributed by atoms with Gasteiger partial charge in [0.1, 0.15) is 13.2 Å². The Balaban J connectivity index is 1.94. The highest BCUT2D eigenvalue weighted by Crippen LogP contribution is 2.41. The Morgan fingerprint density at radius 1 is 1.25 bits per heavy atom. The van der Waals surface area contributed by atoms with E-state index in [0.717, 1.165) is 5.56 Å². The summed E-state index contributed by atoms with van der Waals surface area (Å²) >= 11 is 0. The second kappa shape index (κ2) is 7.02. The summed E-state index contributed by atoms with van der Waals surface area (Å²) in [5, 5.41) is 18.4. The Bertz CT molecular complexity index is 784. The Hall–Kier alpha value is -3.04. The average molecular weight is 324 g/mol. The topological polar surface area (TPSA) is 82.8 Å². The summed E-state index contributed by atoms with van der Waals surface area (Å²) in [6.45, 7) is -0.0989. The number of ether oxygens (including phenoxy) is 2. The third-order valence-electron chi connectivity index (χ3n) is 3.68. The highest BCUT2D eigenvalue weighted by molar-refractivity contribution is 5.99. The highest BCUT2D eigenvalue weighted by Gasteiger charge is 2.28. The predicted octanol–water partition coefficient (Wildman–Crippen LogP) is 2.01. The van der Waals surface area contributed by atoms with Gasteiger partial charge in [0.2, 0.25) is 0 Å². The van der Waals surface area contributed by atoms with Gasteiger partial charge in [0.25, 0.3) is 5.91 Å². The highest BCUT2D eigenvalue weighted by atomic mass is 16.5. The minimum atomic E-state index is -0.298. The molecule has 2 aromatic rings. The summed E-state index contributed by atoms with van der Waals surface area (Å²) < 4.78 is 11.4. The van der Waals surface area contributed by atoms with Gasteiger partial charge in [0.15, 0.2) is 18.1 Å². The van der Waals surface area contributed by atoms with E-state index in [1.807, 2.05) is 36.4 Å². The van der Waals surface area contributed by atoms with Crippen LogP contribution in [-0.2, 0) is 18.0 Å². The fourth-order valence-corrected chi connectivity index (χ4v) is 2.51. The normalized spacial score (nSPS) is 13.0. The van der Waals surface area contributed by atoms with Crippen LogP contribution < -0.4 is 14.4 Å². The molecule has 1 aliphatic rings. The van der Waals surface area contributed by atoms with Gasteiger partial charge in [-0.3, -0.25) is 9.69 Å². The lowest BCUT2D eigenvalue weighted by Gasteiger charge is -2.29. The fraction of sp³-hybridized carbons (Fsp3) is 0.222. The molecule has 0 saturated heterocycles. The first-order valence-corrected chi connectivity index (χ1v) is 7.47. The molecule has 122 valence electrons. The molecule has 6 heteroatoms. The Labute approximate surface area is 139 Å². The van der Waals surface area contributed by atoms with Crippen LogP contribution in [0.4, 0.5) is 5.69 Å². The van der Waals surface area contributed by atoms with Gasteiger partial charge in [0.05, 0.1) is 18.4 Å². The molecule has 0 bridgehead atoms. The molecule has 0 aromatic heterocycles. The number of benzene rings is 2. The molecule has 1 amide bonds. The van der Waals surface area contributed by atoms with E-state index >= 15 is 0 Å². The summed E-state index contributed by atoms with van der Waals surface area (Å²) in [4.78, 5) is 13.3. The first-order valence-electron chi connectivity index (χ1n) is 7.47. The number of carbonyl (C=O) groups excluding carboxylic acids is 1. The SMILES string of the molecule is N#CCN1C(=O)COc2c(OCc3ccccc3)cc(CO)cc21. The van der Waals surface area contributed by atoms with E-state index in [-0.39, 0.29) is 25.7 Å². The quantitative estimate of drug-likeness (QED) is 0.851. The van der Waals surface area contributed by atoms with Gasteiger partial charge in [0, 0.05) is 0 Å².